The van der Waals surface area contributed by atoms with Crippen LogP contribution in [0.15, 0.2) is 18.2 Å². The van der Waals surface area contributed by atoms with Gasteiger partial charge in [0.2, 0.25) is 5.91 Å². The Morgan fingerprint density at radius 3 is 2.61 bits per heavy atom. The van der Waals surface area contributed by atoms with E-state index < -0.39 is 10.8 Å². The van der Waals surface area contributed by atoms with Crippen molar-refractivity contribution in [2.24, 2.45) is 5.73 Å². The Labute approximate surface area is 200 Å². The van der Waals surface area contributed by atoms with E-state index in [1.165, 1.54) is 17.4 Å². The van der Waals surface area contributed by atoms with Crippen LogP contribution in [0.3, 0.4) is 0 Å². The topological polar surface area (TPSA) is 122 Å². The molecule has 1 aromatic carbocycles. The van der Waals surface area contributed by atoms with Crippen LogP contribution >= 0.6 is 22.9 Å². The number of nitro groups is 1. The van der Waals surface area contributed by atoms with Gasteiger partial charge >= 0.3 is 0 Å². The minimum atomic E-state index is -0.489. The first-order chi connectivity index (χ1) is 15.8. The zero-order valence-corrected chi connectivity index (χ0v) is 19.7. The van der Waals surface area contributed by atoms with Crippen LogP contribution in [-0.4, -0.2) is 54.4 Å². The minimum absolute atomic E-state index is 0.000715. The third kappa shape index (κ3) is 5.29. The van der Waals surface area contributed by atoms with Crippen LogP contribution in [0.25, 0.3) is 0 Å². The van der Waals surface area contributed by atoms with E-state index in [0.29, 0.717) is 60.4 Å². The number of nitro benzene ring substituents is 1. The maximum Gasteiger partial charge on any atom is 0.294 e. The number of benzene rings is 1. The second-order valence-electron chi connectivity index (χ2n) is 8.30. The lowest BCUT2D eigenvalue weighted by Crippen LogP contribution is -2.47. The Hall–Kier alpha value is -2.69. The molecule has 0 bridgehead atoms. The first-order valence-corrected chi connectivity index (χ1v) is 12.2. The second kappa shape index (κ2) is 10.1. The van der Waals surface area contributed by atoms with E-state index in [4.69, 9.17) is 17.3 Å². The highest BCUT2D eigenvalue weighted by molar-refractivity contribution is 7.17. The van der Waals surface area contributed by atoms with E-state index in [9.17, 15) is 19.7 Å². The molecule has 1 aliphatic carbocycles. The van der Waals surface area contributed by atoms with Crippen LogP contribution in [0.2, 0.25) is 5.02 Å². The summed E-state index contributed by atoms with van der Waals surface area (Å²) >= 11 is 7.38. The fourth-order valence-electron chi connectivity index (χ4n) is 4.49. The van der Waals surface area contributed by atoms with Gasteiger partial charge in [0.25, 0.3) is 11.6 Å². The Morgan fingerprint density at radius 2 is 1.91 bits per heavy atom. The highest BCUT2D eigenvalue weighted by Crippen LogP contribution is 2.38. The molecule has 33 heavy (non-hydrogen) atoms. The fraction of sp³-hybridized carbons (Fsp3) is 0.455. The Bertz CT molecular complexity index is 1080. The number of thiophene rings is 1. The number of nitrogens with one attached hydrogen (secondary N) is 1. The number of hydrogen-bond donors (Lipinski definition) is 2. The van der Waals surface area contributed by atoms with Gasteiger partial charge in [-0.3, -0.25) is 24.6 Å². The molecule has 9 nitrogen and oxygen atoms in total. The summed E-state index contributed by atoms with van der Waals surface area (Å²) in [5.74, 6) is -0.635. The summed E-state index contributed by atoms with van der Waals surface area (Å²) in [5.41, 5.74) is 7.63. The highest BCUT2D eigenvalue weighted by Gasteiger charge is 2.26. The molecule has 1 aliphatic heterocycles. The molecule has 1 fully saturated rings. The Kier molecular flexibility index (Phi) is 7.16. The van der Waals surface area contributed by atoms with Gasteiger partial charge in [0, 0.05) is 55.1 Å². The van der Waals surface area contributed by atoms with Crippen molar-refractivity contribution in [3.63, 3.8) is 0 Å². The van der Waals surface area contributed by atoms with E-state index in [2.05, 4.69) is 10.2 Å². The minimum Gasteiger partial charge on any atom is -0.365 e. The van der Waals surface area contributed by atoms with Gasteiger partial charge in [-0.05, 0) is 43.4 Å². The molecule has 0 spiro atoms. The summed E-state index contributed by atoms with van der Waals surface area (Å²) in [4.78, 5) is 40.8. The first-order valence-electron chi connectivity index (χ1n) is 11.0. The summed E-state index contributed by atoms with van der Waals surface area (Å²) in [6.07, 6.45) is 4.16. The molecule has 2 amide bonds. The van der Waals surface area contributed by atoms with Gasteiger partial charge in [0.05, 0.1) is 10.5 Å². The second-order valence-corrected chi connectivity index (χ2v) is 9.84. The van der Waals surface area contributed by atoms with Crippen LogP contribution in [0, 0.1) is 10.1 Å². The van der Waals surface area contributed by atoms with Crippen LogP contribution in [0.4, 0.5) is 16.4 Å². The predicted molar refractivity (Wildman–Crippen MR) is 129 cm³/mol. The molecule has 1 aromatic heterocycles. The number of piperazine rings is 1. The molecular weight excluding hydrogens is 466 g/mol. The van der Waals surface area contributed by atoms with Gasteiger partial charge in [-0.25, -0.2) is 0 Å². The lowest BCUT2D eigenvalue weighted by molar-refractivity contribution is -0.384. The molecule has 176 valence electrons. The fourth-order valence-corrected chi connectivity index (χ4v) is 5.96. The molecule has 0 saturated carbocycles. The number of carbonyl (C=O) groups is 2. The molecule has 2 aliphatic rings. The summed E-state index contributed by atoms with van der Waals surface area (Å²) in [6.45, 7) is 3.18. The number of fused-ring (bicyclic) bond motifs is 1. The van der Waals surface area contributed by atoms with Crippen molar-refractivity contribution in [1.82, 2.24) is 4.90 Å². The van der Waals surface area contributed by atoms with E-state index in [1.807, 2.05) is 4.90 Å². The van der Waals surface area contributed by atoms with Crippen molar-refractivity contribution >= 4 is 51.1 Å². The number of hydrogen-bond acceptors (Lipinski definition) is 7. The summed E-state index contributed by atoms with van der Waals surface area (Å²) in [5, 5.41) is 15.2. The van der Waals surface area contributed by atoms with Gasteiger partial charge in [0.1, 0.15) is 10.7 Å². The highest BCUT2D eigenvalue weighted by atomic mass is 35.5. The number of halogens is 1. The summed E-state index contributed by atoms with van der Waals surface area (Å²) in [6, 6.07) is 4.71. The molecule has 0 unspecified atom stereocenters. The third-order valence-electron chi connectivity index (χ3n) is 6.17. The quantitative estimate of drug-likeness (QED) is 0.452. The van der Waals surface area contributed by atoms with Gasteiger partial charge in [-0.15, -0.1) is 11.3 Å². The third-order valence-corrected chi connectivity index (χ3v) is 7.62. The van der Waals surface area contributed by atoms with Gasteiger partial charge in [-0.1, -0.05) is 11.6 Å². The van der Waals surface area contributed by atoms with E-state index in [0.717, 1.165) is 36.1 Å². The van der Waals surface area contributed by atoms with Crippen molar-refractivity contribution in [2.45, 2.75) is 32.1 Å². The SMILES string of the molecule is NC(=O)c1c(NC(=O)CCN2CCN(c3ccc(Cl)cc3[N+](=O)[O-])CC2)sc2c1CCCC2. The lowest BCUT2D eigenvalue weighted by Gasteiger charge is -2.35. The molecule has 4 rings (SSSR count). The largest absolute Gasteiger partial charge is 0.365 e. The maximum absolute atomic E-state index is 12.6. The molecule has 2 heterocycles. The smallest absolute Gasteiger partial charge is 0.294 e. The lowest BCUT2D eigenvalue weighted by atomic mass is 9.95. The molecule has 3 N–H and O–H groups in total. The van der Waals surface area contributed by atoms with Gasteiger partial charge in [-0.2, -0.15) is 0 Å². The van der Waals surface area contributed by atoms with Crippen molar-refractivity contribution < 1.29 is 14.5 Å². The van der Waals surface area contributed by atoms with Crippen LogP contribution in [0.5, 0.6) is 0 Å². The molecule has 2 aromatic rings. The number of nitrogens with zero attached hydrogens (tertiary/aromatic N) is 3. The monoisotopic (exact) mass is 491 g/mol. The predicted octanol–water partition coefficient (Wildman–Crippen LogP) is 3.44. The summed E-state index contributed by atoms with van der Waals surface area (Å²) in [7, 11) is 0. The van der Waals surface area contributed by atoms with Crippen LogP contribution in [-0.2, 0) is 17.6 Å². The van der Waals surface area contributed by atoms with E-state index in [-0.39, 0.29) is 11.6 Å². The van der Waals surface area contributed by atoms with E-state index >= 15 is 0 Å². The van der Waals surface area contributed by atoms with Crippen molar-refractivity contribution in [2.75, 3.05) is 42.9 Å². The molecular formula is C22H26ClN5O4S. The maximum atomic E-state index is 12.6. The average Bonchev–Trinajstić information content (AvgIpc) is 3.16. The number of rotatable bonds is 7. The van der Waals surface area contributed by atoms with Crippen LogP contribution < -0.4 is 16.0 Å². The summed E-state index contributed by atoms with van der Waals surface area (Å²) < 4.78 is 0. The molecule has 11 heteroatoms. The Balaban J connectivity index is 1.31. The molecule has 1 saturated heterocycles. The normalized spacial score (nSPS) is 16.3. The Morgan fingerprint density at radius 1 is 1.18 bits per heavy atom. The zero-order chi connectivity index (χ0) is 23.5. The number of nitrogens with two attached hydrogens (primary N) is 1. The first kappa shape index (κ1) is 23.5. The average molecular weight is 492 g/mol. The number of carbonyl (C=O) groups excluding carboxylic acids is 2. The van der Waals surface area contributed by atoms with Crippen molar-refractivity contribution in [3.8, 4) is 0 Å². The van der Waals surface area contributed by atoms with Crippen LogP contribution in [0.1, 0.15) is 40.1 Å². The van der Waals surface area contributed by atoms with Crippen molar-refractivity contribution in [1.29, 1.82) is 0 Å². The number of anilines is 2. The number of primary amides is 1. The van der Waals surface area contributed by atoms with Crippen molar-refractivity contribution in [3.05, 3.63) is 49.3 Å². The molecule has 0 atom stereocenters. The molecule has 0 radical (unpaired) electrons. The number of amides is 2. The van der Waals surface area contributed by atoms with Gasteiger partial charge < -0.3 is 16.0 Å². The zero-order valence-electron chi connectivity index (χ0n) is 18.1. The van der Waals surface area contributed by atoms with E-state index in [1.54, 1.807) is 12.1 Å². The number of aryl methyl sites for hydroxylation is 1. The standard InChI is InChI=1S/C22H26ClN5O4S/c23-14-5-6-16(17(13-14)28(31)32)27-11-9-26(10-12-27)8-7-19(29)25-22-20(21(24)30)15-3-1-2-4-18(15)33-22/h5-6,13H,1-4,7-12H2,(H2,24,30)(H,25,29). The van der Waals surface area contributed by atoms with Gasteiger partial charge in [0.15, 0.2) is 0 Å².